The van der Waals surface area contributed by atoms with Crippen molar-refractivity contribution < 1.29 is 23.1 Å². The molecule has 0 unspecified atom stereocenters. The van der Waals surface area contributed by atoms with Crippen molar-refractivity contribution in [2.75, 3.05) is 0 Å². The van der Waals surface area contributed by atoms with E-state index >= 15 is 0 Å². The monoisotopic (exact) mass is 508 g/mol. The summed E-state index contributed by atoms with van der Waals surface area (Å²) in [5.41, 5.74) is 2.82. The summed E-state index contributed by atoms with van der Waals surface area (Å²) in [4.78, 5) is 22.2. The number of fused-ring (bicyclic) bond motifs is 1. The van der Waals surface area contributed by atoms with E-state index in [1.807, 2.05) is 19.9 Å². The summed E-state index contributed by atoms with van der Waals surface area (Å²) in [5, 5.41) is 10.4. The molecule has 0 aliphatic rings. The van der Waals surface area contributed by atoms with Crippen LogP contribution in [-0.4, -0.2) is 21.0 Å². The van der Waals surface area contributed by atoms with Crippen LogP contribution < -0.4 is 0 Å². The number of carboxylic acids is 1. The molecule has 0 fully saturated rings. The number of thioether (sulfide) groups is 1. The van der Waals surface area contributed by atoms with Gasteiger partial charge in [-0.2, -0.15) is 13.2 Å². The molecule has 2 aromatic carbocycles. The minimum atomic E-state index is -4.35. The lowest BCUT2D eigenvalue weighted by Gasteiger charge is -2.06. The first-order valence-corrected chi connectivity index (χ1v) is 12.6. The fraction of sp³-hybridized carbons (Fsp3) is 0.261. The van der Waals surface area contributed by atoms with Crippen LogP contribution in [0.3, 0.4) is 0 Å². The van der Waals surface area contributed by atoms with Gasteiger partial charge < -0.3 is 5.11 Å². The van der Waals surface area contributed by atoms with E-state index in [2.05, 4.69) is 16.0 Å². The minimum absolute atomic E-state index is 0.0619. The summed E-state index contributed by atoms with van der Waals surface area (Å²) in [6.45, 7) is 3.92. The molecular weight excluding hydrogens is 489 g/mol. The third kappa shape index (κ3) is 5.39. The van der Waals surface area contributed by atoms with Crippen molar-refractivity contribution in [2.45, 2.75) is 43.5 Å². The summed E-state index contributed by atoms with van der Waals surface area (Å²) in [6.07, 6.45) is -3.87. The van der Waals surface area contributed by atoms with Crippen molar-refractivity contribution in [3.8, 4) is 10.6 Å². The Morgan fingerprint density at radius 1 is 1.06 bits per heavy atom. The highest BCUT2D eigenvalue weighted by Gasteiger charge is 2.30. The van der Waals surface area contributed by atoms with Gasteiger partial charge in [0, 0.05) is 27.5 Å². The summed E-state index contributed by atoms with van der Waals surface area (Å²) < 4.78 is 39.5. The molecule has 0 amide bonds. The Balaban J connectivity index is 1.49. The topological polar surface area (TPSA) is 63.1 Å². The standard InChI is InChI=1S/C23H19F3N2O2S3/c1-12-16(7-8-17-21(12)28-19(32-17)9-10-20(29)30)31-11-18-13(2)27-22(33-18)14-3-5-15(6-4-14)23(24,25)26/h3-8H,9-11H2,1-2H3,(H,29,30). The van der Waals surface area contributed by atoms with Gasteiger partial charge in [-0.1, -0.05) is 12.1 Å². The first kappa shape index (κ1) is 23.7. The van der Waals surface area contributed by atoms with Crippen LogP contribution in [0.1, 0.15) is 33.1 Å². The van der Waals surface area contributed by atoms with Crippen LogP contribution in [0.4, 0.5) is 13.2 Å². The molecule has 0 aliphatic heterocycles. The van der Waals surface area contributed by atoms with Gasteiger partial charge in [0.1, 0.15) is 5.01 Å². The second-order valence-electron chi connectivity index (χ2n) is 7.43. The molecule has 2 aromatic heterocycles. The molecule has 0 aliphatic carbocycles. The van der Waals surface area contributed by atoms with Crippen molar-refractivity contribution in [3.63, 3.8) is 0 Å². The first-order valence-electron chi connectivity index (χ1n) is 9.99. The Bertz CT molecular complexity index is 1310. The third-order valence-electron chi connectivity index (χ3n) is 5.07. The number of benzene rings is 2. The molecular formula is C23H19F3N2O2S3. The maximum Gasteiger partial charge on any atom is 0.416 e. The quantitative estimate of drug-likeness (QED) is 0.264. The zero-order valence-electron chi connectivity index (χ0n) is 17.7. The predicted molar refractivity (Wildman–Crippen MR) is 127 cm³/mol. The Labute approximate surface area is 200 Å². The van der Waals surface area contributed by atoms with Gasteiger partial charge in [0.15, 0.2) is 0 Å². The number of thiazole rings is 2. The average molecular weight is 509 g/mol. The SMILES string of the molecule is Cc1nc(-c2ccc(C(F)(F)F)cc2)sc1CSc1ccc2sc(CCC(=O)O)nc2c1C. The molecule has 0 bridgehead atoms. The van der Waals surface area contributed by atoms with Gasteiger partial charge in [0.05, 0.1) is 32.9 Å². The molecule has 1 N–H and O–H groups in total. The molecule has 33 heavy (non-hydrogen) atoms. The Hall–Kier alpha value is -2.43. The molecule has 0 saturated carbocycles. The third-order valence-corrected chi connectivity index (χ3v) is 8.73. The largest absolute Gasteiger partial charge is 0.481 e. The summed E-state index contributed by atoms with van der Waals surface area (Å²) in [5.74, 6) is -0.148. The van der Waals surface area contributed by atoms with E-state index < -0.39 is 17.7 Å². The number of alkyl halides is 3. The minimum Gasteiger partial charge on any atom is -0.481 e. The number of aromatic nitrogens is 2. The highest BCUT2D eigenvalue weighted by atomic mass is 32.2. The Kier molecular flexibility index (Phi) is 6.78. The van der Waals surface area contributed by atoms with Crippen molar-refractivity contribution in [1.82, 2.24) is 9.97 Å². The van der Waals surface area contributed by atoms with Crippen LogP contribution in [-0.2, 0) is 23.1 Å². The maximum atomic E-state index is 12.8. The molecule has 4 nitrogen and oxygen atoms in total. The van der Waals surface area contributed by atoms with Crippen LogP contribution in [0.15, 0.2) is 41.3 Å². The highest BCUT2D eigenvalue weighted by Crippen LogP contribution is 2.37. The van der Waals surface area contributed by atoms with E-state index in [9.17, 15) is 18.0 Å². The number of halogens is 3. The number of hydrogen-bond donors (Lipinski definition) is 1. The predicted octanol–water partition coefficient (Wildman–Crippen LogP) is 7.36. The van der Waals surface area contributed by atoms with Gasteiger partial charge in [0.2, 0.25) is 0 Å². The fourth-order valence-corrected chi connectivity index (χ4v) is 6.54. The Morgan fingerprint density at radius 2 is 1.79 bits per heavy atom. The molecule has 4 rings (SSSR count). The van der Waals surface area contributed by atoms with Gasteiger partial charge >= 0.3 is 12.1 Å². The van der Waals surface area contributed by atoms with Gasteiger partial charge in [-0.05, 0) is 43.7 Å². The first-order chi connectivity index (χ1) is 15.6. The van der Waals surface area contributed by atoms with Crippen LogP contribution in [0.2, 0.25) is 0 Å². The molecule has 0 spiro atoms. The van der Waals surface area contributed by atoms with E-state index in [1.54, 1.807) is 11.8 Å². The summed E-state index contributed by atoms with van der Waals surface area (Å²) in [6, 6.07) is 9.14. The van der Waals surface area contributed by atoms with Crippen molar-refractivity contribution in [2.24, 2.45) is 0 Å². The van der Waals surface area contributed by atoms with Gasteiger partial charge in [-0.3, -0.25) is 4.79 Å². The van der Waals surface area contributed by atoms with Crippen LogP contribution in [0, 0.1) is 13.8 Å². The Morgan fingerprint density at radius 3 is 2.45 bits per heavy atom. The molecule has 10 heteroatoms. The molecule has 2 heterocycles. The average Bonchev–Trinajstić information content (AvgIpc) is 3.35. The van der Waals surface area contributed by atoms with Crippen LogP contribution in [0.25, 0.3) is 20.8 Å². The van der Waals surface area contributed by atoms with Crippen LogP contribution >= 0.6 is 34.4 Å². The van der Waals surface area contributed by atoms with Crippen molar-refractivity contribution >= 4 is 50.6 Å². The maximum absolute atomic E-state index is 12.8. The van der Waals surface area contributed by atoms with E-state index in [1.165, 1.54) is 34.8 Å². The lowest BCUT2D eigenvalue weighted by molar-refractivity contribution is -0.138. The number of aryl methyl sites for hydroxylation is 3. The zero-order chi connectivity index (χ0) is 23.8. The van der Waals surface area contributed by atoms with Crippen LogP contribution in [0.5, 0.6) is 0 Å². The van der Waals surface area contributed by atoms with E-state index in [-0.39, 0.29) is 6.42 Å². The number of nitrogens with zero attached hydrogens (tertiary/aromatic N) is 2. The molecule has 172 valence electrons. The fourth-order valence-electron chi connectivity index (χ4n) is 3.26. The second kappa shape index (κ2) is 9.44. The lowest BCUT2D eigenvalue weighted by Crippen LogP contribution is -2.03. The molecule has 0 radical (unpaired) electrons. The van der Waals surface area contributed by atoms with Gasteiger partial charge in [0.25, 0.3) is 0 Å². The van der Waals surface area contributed by atoms with Crippen molar-refractivity contribution in [1.29, 1.82) is 0 Å². The smallest absolute Gasteiger partial charge is 0.416 e. The van der Waals surface area contributed by atoms with Crippen molar-refractivity contribution in [3.05, 3.63) is 63.1 Å². The van der Waals surface area contributed by atoms with Gasteiger partial charge in [-0.15, -0.1) is 34.4 Å². The molecule has 4 aromatic rings. The molecule has 0 saturated heterocycles. The van der Waals surface area contributed by atoms with E-state index in [0.717, 1.165) is 48.4 Å². The van der Waals surface area contributed by atoms with E-state index in [0.29, 0.717) is 22.7 Å². The number of rotatable bonds is 7. The number of carbonyl (C=O) groups is 1. The molecule has 0 atom stereocenters. The number of aliphatic carboxylic acids is 1. The number of carboxylic acid groups (broad SMARTS) is 1. The zero-order valence-corrected chi connectivity index (χ0v) is 20.1. The summed E-state index contributed by atoms with van der Waals surface area (Å²) >= 11 is 4.67. The summed E-state index contributed by atoms with van der Waals surface area (Å²) in [7, 11) is 0. The normalized spacial score (nSPS) is 11.9. The lowest BCUT2D eigenvalue weighted by atomic mass is 10.1. The van der Waals surface area contributed by atoms with E-state index in [4.69, 9.17) is 5.11 Å². The highest BCUT2D eigenvalue weighted by molar-refractivity contribution is 7.98. The van der Waals surface area contributed by atoms with Gasteiger partial charge in [-0.25, -0.2) is 9.97 Å². The number of hydrogen-bond acceptors (Lipinski definition) is 6. The second-order valence-corrected chi connectivity index (χ2v) is 10.6.